The molecule has 0 saturated carbocycles. The summed E-state index contributed by atoms with van der Waals surface area (Å²) in [6.45, 7) is 8.74. The van der Waals surface area contributed by atoms with Crippen LogP contribution in [0.2, 0.25) is 0 Å². The molecule has 0 radical (unpaired) electrons. The van der Waals surface area contributed by atoms with Crippen molar-refractivity contribution >= 4 is 11.9 Å². The molecule has 23 heavy (non-hydrogen) atoms. The van der Waals surface area contributed by atoms with Gasteiger partial charge in [0, 0.05) is 18.9 Å². The summed E-state index contributed by atoms with van der Waals surface area (Å²) in [5.74, 6) is -1.31. The van der Waals surface area contributed by atoms with Crippen LogP contribution >= 0.6 is 0 Å². The van der Waals surface area contributed by atoms with Gasteiger partial charge in [0.15, 0.2) is 0 Å². The van der Waals surface area contributed by atoms with Crippen molar-refractivity contribution in [2.24, 2.45) is 11.8 Å². The predicted octanol–water partition coefficient (Wildman–Crippen LogP) is 1.35. The molecule has 1 N–H and O–H groups in total. The summed E-state index contributed by atoms with van der Waals surface area (Å²) in [6.07, 6.45) is 2.44. The van der Waals surface area contributed by atoms with Gasteiger partial charge in [-0.1, -0.05) is 13.8 Å². The highest BCUT2D eigenvalue weighted by Gasteiger charge is 2.49. The van der Waals surface area contributed by atoms with Crippen molar-refractivity contribution in [1.29, 1.82) is 0 Å². The lowest BCUT2D eigenvalue weighted by atomic mass is 9.85. The Hall–Kier alpha value is -1.14. The third-order valence-corrected chi connectivity index (χ3v) is 5.34. The van der Waals surface area contributed by atoms with Crippen molar-refractivity contribution in [2.75, 3.05) is 19.7 Å². The Bertz CT molecular complexity index is 452. The molecule has 0 aliphatic carbocycles. The van der Waals surface area contributed by atoms with Crippen LogP contribution in [0, 0.1) is 11.8 Å². The van der Waals surface area contributed by atoms with Gasteiger partial charge in [-0.3, -0.25) is 9.69 Å². The molecule has 2 fully saturated rings. The molecule has 0 aromatic carbocycles. The van der Waals surface area contributed by atoms with Crippen molar-refractivity contribution in [3.8, 4) is 0 Å². The van der Waals surface area contributed by atoms with Gasteiger partial charge < -0.3 is 14.6 Å². The van der Waals surface area contributed by atoms with Crippen molar-refractivity contribution in [3.05, 3.63) is 0 Å². The minimum atomic E-state index is -1.82. The van der Waals surface area contributed by atoms with Crippen molar-refractivity contribution < 1.29 is 24.2 Å². The molecule has 2 heterocycles. The van der Waals surface area contributed by atoms with Gasteiger partial charge in [0.2, 0.25) is 5.60 Å². The molecule has 0 spiro atoms. The maximum Gasteiger partial charge on any atom is 0.342 e. The first-order valence-corrected chi connectivity index (χ1v) is 8.57. The molecule has 0 bridgehead atoms. The summed E-state index contributed by atoms with van der Waals surface area (Å²) < 4.78 is 10.5. The third kappa shape index (κ3) is 3.69. The predicted molar refractivity (Wildman–Crippen MR) is 84.7 cm³/mol. The number of carbonyl (C=O) groups excluding carboxylic acids is 2. The van der Waals surface area contributed by atoms with E-state index in [4.69, 9.17) is 9.47 Å². The molecule has 0 aromatic heterocycles. The van der Waals surface area contributed by atoms with Crippen LogP contribution in [0.25, 0.3) is 0 Å². The lowest BCUT2D eigenvalue weighted by Gasteiger charge is -2.34. The zero-order valence-electron chi connectivity index (χ0n) is 14.6. The Labute approximate surface area is 138 Å². The van der Waals surface area contributed by atoms with E-state index in [9.17, 15) is 14.7 Å². The zero-order chi connectivity index (χ0) is 17.2. The van der Waals surface area contributed by atoms with Crippen LogP contribution in [0.1, 0.15) is 47.0 Å². The molecule has 2 rings (SSSR count). The first-order chi connectivity index (χ1) is 10.8. The summed E-state index contributed by atoms with van der Waals surface area (Å²) in [7, 11) is 0. The van der Waals surface area contributed by atoms with Crippen LogP contribution in [0.3, 0.4) is 0 Å². The van der Waals surface area contributed by atoms with Gasteiger partial charge in [0.05, 0.1) is 6.61 Å². The van der Waals surface area contributed by atoms with Gasteiger partial charge in [0.1, 0.15) is 6.10 Å². The van der Waals surface area contributed by atoms with E-state index >= 15 is 0 Å². The molecular weight excluding hydrogens is 298 g/mol. The van der Waals surface area contributed by atoms with E-state index in [-0.39, 0.29) is 0 Å². The SMILES string of the molecule is CC(=O)OC(C)C(O)(C(=O)OCC1CCN2CCCC12)C(C)C. The summed E-state index contributed by atoms with van der Waals surface area (Å²) in [6, 6.07) is 0.501. The molecule has 2 aliphatic heterocycles. The monoisotopic (exact) mass is 327 g/mol. The highest BCUT2D eigenvalue weighted by atomic mass is 16.6. The quantitative estimate of drug-likeness (QED) is 0.742. The average molecular weight is 327 g/mol. The highest BCUT2D eigenvalue weighted by Crippen LogP contribution is 2.33. The minimum Gasteiger partial charge on any atom is -0.463 e. The Morgan fingerprint density at radius 3 is 2.57 bits per heavy atom. The fraction of sp³-hybridized carbons (Fsp3) is 0.882. The van der Waals surface area contributed by atoms with Crippen LogP contribution in [0.15, 0.2) is 0 Å². The third-order valence-electron chi connectivity index (χ3n) is 5.34. The molecule has 4 unspecified atom stereocenters. The van der Waals surface area contributed by atoms with Crippen LogP contribution in [0.5, 0.6) is 0 Å². The minimum absolute atomic E-state index is 0.321. The molecule has 2 saturated heterocycles. The van der Waals surface area contributed by atoms with E-state index in [2.05, 4.69) is 4.90 Å². The molecule has 6 heteroatoms. The van der Waals surface area contributed by atoms with E-state index in [1.165, 1.54) is 20.3 Å². The number of fused-ring (bicyclic) bond motifs is 1. The van der Waals surface area contributed by atoms with E-state index in [1.807, 2.05) is 0 Å². The first kappa shape index (κ1) is 18.2. The van der Waals surface area contributed by atoms with Gasteiger partial charge in [0.25, 0.3) is 0 Å². The number of rotatable bonds is 6. The zero-order valence-corrected chi connectivity index (χ0v) is 14.6. The number of aliphatic hydroxyl groups is 1. The van der Waals surface area contributed by atoms with Gasteiger partial charge in [-0.25, -0.2) is 4.79 Å². The molecule has 6 nitrogen and oxygen atoms in total. The van der Waals surface area contributed by atoms with Gasteiger partial charge in [-0.05, 0) is 45.2 Å². The summed E-state index contributed by atoms with van der Waals surface area (Å²) in [4.78, 5) is 26.1. The number of ether oxygens (including phenoxy) is 2. The highest BCUT2D eigenvalue weighted by molar-refractivity contribution is 5.81. The molecule has 132 valence electrons. The number of nitrogens with zero attached hydrogens (tertiary/aromatic N) is 1. The molecule has 0 aromatic rings. The van der Waals surface area contributed by atoms with E-state index < -0.39 is 29.6 Å². The number of hydrogen-bond acceptors (Lipinski definition) is 6. The molecule has 0 amide bonds. The maximum atomic E-state index is 12.5. The second-order valence-corrected chi connectivity index (χ2v) is 7.12. The summed E-state index contributed by atoms with van der Waals surface area (Å²) in [5, 5.41) is 10.8. The Balaban J connectivity index is 1.97. The summed E-state index contributed by atoms with van der Waals surface area (Å²) in [5.41, 5.74) is -1.82. The lowest BCUT2D eigenvalue weighted by molar-refractivity contribution is -0.194. The van der Waals surface area contributed by atoms with Crippen LogP contribution in [-0.4, -0.2) is 59.4 Å². The smallest absolute Gasteiger partial charge is 0.342 e. The first-order valence-electron chi connectivity index (χ1n) is 8.57. The number of carbonyl (C=O) groups is 2. The van der Waals surface area contributed by atoms with Crippen LogP contribution < -0.4 is 0 Å². The van der Waals surface area contributed by atoms with Gasteiger partial charge in [-0.15, -0.1) is 0 Å². The van der Waals surface area contributed by atoms with Crippen LogP contribution in [-0.2, 0) is 19.1 Å². The van der Waals surface area contributed by atoms with Gasteiger partial charge in [-0.2, -0.15) is 0 Å². The summed E-state index contributed by atoms with van der Waals surface area (Å²) >= 11 is 0. The molecular formula is C17H29NO5. The Morgan fingerprint density at radius 2 is 1.96 bits per heavy atom. The Kier molecular flexibility index (Phi) is 5.68. The lowest BCUT2D eigenvalue weighted by Crippen LogP contribution is -2.55. The van der Waals surface area contributed by atoms with E-state index in [0.29, 0.717) is 18.6 Å². The van der Waals surface area contributed by atoms with E-state index in [1.54, 1.807) is 13.8 Å². The normalized spacial score (nSPS) is 28.3. The fourth-order valence-corrected chi connectivity index (χ4v) is 3.89. The molecule has 2 aliphatic rings. The average Bonchev–Trinajstić information content (AvgIpc) is 3.06. The van der Waals surface area contributed by atoms with Crippen molar-refractivity contribution in [2.45, 2.75) is 64.7 Å². The largest absolute Gasteiger partial charge is 0.463 e. The Morgan fingerprint density at radius 1 is 1.26 bits per heavy atom. The van der Waals surface area contributed by atoms with Crippen molar-refractivity contribution in [1.82, 2.24) is 4.90 Å². The number of hydrogen-bond donors (Lipinski definition) is 1. The second kappa shape index (κ2) is 7.18. The molecule has 4 atom stereocenters. The van der Waals surface area contributed by atoms with Gasteiger partial charge >= 0.3 is 11.9 Å². The second-order valence-electron chi connectivity index (χ2n) is 7.12. The standard InChI is InChI=1S/C17H29NO5/c1-11(2)17(21,12(3)23-13(4)19)16(20)22-10-14-7-9-18-8-5-6-15(14)18/h11-12,14-15,21H,5-10H2,1-4H3. The topological polar surface area (TPSA) is 76.1 Å². The number of esters is 2. The fourth-order valence-electron chi connectivity index (χ4n) is 3.89. The van der Waals surface area contributed by atoms with Crippen molar-refractivity contribution in [3.63, 3.8) is 0 Å². The van der Waals surface area contributed by atoms with E-state index in [0.717, 1.165) is 25.9 Å². The maximum absolute atomic E-state index is 12.5. The van der Waals surface area contributed by atoms with Crippen LogP contribution in [0.4, 0.5) is 0 Å².